The van der Waals surface area contributed by atoms with Crippen LogP contribution in [0.5, 0.6) is 11.5 Å². The van der Waals surface area contributed by atoms with Crippen LogP contribution in [0.4, 0.5) is 5.82 Å². The third-order valence-corrected chi connectivity index (χ3v) is 7.22. The molecule has 3 aromatic rings. The minimum atomic E-state index is -0.549. The van der Waals surface area contributed by atoms with Crippen molar-refractivity contribution in [2.75, 3.05) is 12.4 Å². The summed E-state index contributed by atoms with van der Waals surface area (Å²) in [5.41, 5.74) is 4.52. The smallest absolute Gasteiger partial charge is 0.255 e. The molecule has 0 spiro atoms. The van der Waals surface area contributed by atoms with Crippen LogP contribution in [0.15, 0.2) is 93.9 Å². The second kappa shape index (κ2) is 11.2. The van der Waals surface area contributed by atoms with Gasteiger partial charge in [0, 0.05) is 45.5 Å². The second-order valence-corrected chi connectivity index (χ2v) is 10.2. The minimum absolute atomic E-state index is 0.0479. The summed E-state index contributed by atoms with van der Waals surface area (Å²) in [7, 11) is 1.58. The van der Waals surface area contributed by atoms with Gasteiger partial charge in [-0.05, 0) is 71.1 Å². The van der Waals surface area contributed by atoms with Crippen LogP contribution in [0.2, 0.25) is 0 Å². The molecule has 2 aliphatic rings. The van der Waals surface area contributed by atoms with Crippen molar-refractivity contribution in [3.63, 3.8) is 0 Å². The van der Waals surface area contributed by atoms with Crippen molar-refractivity contribution in [2.45, 2.75) is 38.7 Å². The highest BCUT2D eigenvalue weighted by atomic mass is 79.9. The zero-order chi connectivity index (χ0) is 26.6. The third kappa shape index (κ3) is 5.36. The number of rotatable bonds is 7. The molecule has 1 atom stereocenters. The average Bonchev–Trinajstić information content (AvgIpc) is 2.93. The molecule has 1 amide bonds. The molecule has 0 bridgehead atoms. The molecule has 0 fully saturated rings. The molecule has 2 N–H and O–H groups in total. The normalized spacial score (nSPS) is 17.0. The zero-order valence-corrected chi connectivity index (χ0v) is 22.8. The molecule has 7 nitrogen and oxygen atoms in total. The minimum Gasteiger partial charge on any atom is -0.493 e. The Bertz CT molecular complexity index is 1430. The van der Waals surface area contributed by atoms with Gasteiger partial charge in [0.1, 0.15) is 12.4 Å². The summed E-state index contributed by atoms with van der Waals surface area (Å²) in [6.07, 6.45) is 3.62. The molecule has 2 heterocycles. The maximum atomic E-state index is 13.7. The van der Waals surface area contributed by atoms with E-state index in [-0.39, 0.29) is 11.7 Å². The number of pyridine rings is 1. The summed E-state index contributed by atoms with van der Waals surface area (Å²) < 4.78 is 12.5. The van der Waals surface area contributed by atoms with Crippen LogP contribution in [-0.2, 0) is 16.2 Å². The monoisotopic (exact) mass is 573 g/mol. The Labute approximate surface area is 230 Å². The highest BCUT2D eigenvalue weighted by Gasteiger charge is 2.38. The highest BCUT2D eigenvalue weighted by Crippen LogP contribution is 2.44. The number of nitrogens with one attached hydrogen (secondary N) is 2. The molecular weight excluding hydrogens is 546 g/mol. The molecule has 0 saturated carbocycles. The number of hydrogen-bond donors (Lipinski definition) is 2. The van der Waals surface area contributed by atoms with E-state index in [1.807, 2.05) is 61.5 Å². The van der Waals surface area contributed by atoms with Crippen LogP contribution >= 0.6 is 15.9 Å². The molecule has 38 heavy (non-hydrogen) atoms. The second-order valence-electron chi connectivity index (χ2n) is 9.27. The lowest BCUT2D eigenvalue weighted by atomic mass is 9.75. The standard InChI is InChI=1S/C30H28BrN3O4/c1-18-27(30(36)34-26-14-12-21(31)16-32-26)28(29-22(33-18)9-6-10-23(29)35)20-11-13-24(25(15-20)37-2)38-17-19-7-4-3-5-8-19/h3-5,7-8,11-16,28,33H,6,9-10,17H2,1-2H3,(H,32,34,36)/t28-/m0/s1. The van der Waals surface area contributed by atoms with Gasteiger partial charge in [0.15, 0.2) is 17.3 Å². The van der Waals surface area contributed by atoms with Crippen LogP contribution in [0.3, 0.4) is 0 Å². The first-order valence-electron chi connectivity index (χ1n) is 12.5. The lowest BCUT2D eigenvalue weighted by molar-refractivity contribution is -0.116. The predicted molar refractivity (Wildman–Crippen MR) is 149 cm³/mol. The Morgan fingerprint density at radius 3 is 2.66 bits per heavy atom. The summed E-state index contributed by atoms with van der Waals surface area (Å²) in [4.78, 5) is 31.2. The molecule has 1 aromatic heterocycles. The Balaban J connectivity index is 1.51. The van der Waals surface area contributed by atoms with Crippen LogP contribution < -0.4 is 20.1 Å². The largest absolute Gasteiger partial charge is 0.493 e. The fourth-order valence-electron chi connectivity index (χ4n) is 4.97. The molecule has 1 aliphatic heterocycles. The lowest BCUT2D eigenvalue weighted by Gasteiger charge is -2.34. The van der Waals surface area contributed by atoms with Gasteiger partial charge in [-0.2, -0.15) is 0 Å². The third-order valence-electron chi connectivity index (χ3n) is 6.75. The number of amides is 1. The lowest BCUT2D eigenvalue weighted by Crippen LogP contribution is -2.35. The number of ketones is 1. The number of ether oxygens (including phenoxy) is 2. The van der Waals surface area contributed by atoms with Crippen molar-refractivity contribution in [3.8, 4) is 11.5 Å². The number of allylic oxidation sites excluding steroid dienone is 3. The Hall–Kier alpha value is -3.91. The van der Waals surface area contributed by atoms with E-state index in [4.69, 9.17) is 9.47 Å². The molecule has 194 valence electrons. The van der Waals surface area contributed by atoms with Gasteiger partial charge in [-0.3, -0.25) is 9.59 Å². The number of aromatic nitrogens is 1. The van der Waals surface area contributed by atoms with Crippen molar-refractivity contribution >= 4 is 33.4 Å². The maximum Gasteiger partial charge on any atom is 0.255 e. The van der Waals surface area contributed by atoms with E-state index in [1.165, 1.54) is 0 Å². The number of halogens is 1. The summed E-state index contributed by atoms with van der Waals surface area (Å²) in [5, 5.41) is 6.25. The number of methoxy groups -OCH3 is 1. The Morgan fingerprint density at radius 1 is 1.11 bits per heavy atom. The van der Waals surface area contributed by atoms with Crippen molar-refractivity contribution in [1.29, 1.82) is 0 Å². The number of carbonyl (C=O) groups excluding carboxylic acids is 2. The van der Waals surface area contributed by atoms with Crippen LogP contribution in [0, 0.1) is 0 Å². The van der Waals surface area contributed by atoms with Gasteiger partial charge in [-0.1, -0.05) is 36.4 Å². The molecular formula is C30H28BrN3O4. The van der Waals surface area contributed by atoms with Gasteiger partial charge in [0.25, 0.3) is 5.91 Å². The first-order valence-corrected chi connectivity index (χ1v) is 13.3. The highest BCUT2D eigenvalue weighted by molar-refractivity contribution is 9.10. The maximum absolute atomic E-state index is 13.7. The number of anilines is 1. The van der Waals surface area contributed by atoms with E-state index in [0.717, 1.165) is 34.1 Å². The van der Waals surface area contributed by atoms with Gasteiger partial charge in [-0.15, -0.1) is 0 Å². The Kier molecular flexibility index (Phi) is 7.60. The van der Waals surface area contributed by atoms with E-state index < -0.39 is 5.92 Å². The first kappa shape index (κ1) is 25.7. The van der Waals surface area contributed by atoms with Gasteiger partial charge in [-0.25, -0.2) is 4.98 Å². The summed E-state index contributed by atoms with van der Waals surface area (Å²) >= 11 is 3.37. The molecule has 0 radical (unpaired) electrons. The quantitative estimate of drug-likeness (QED) is 0.358. The fraction of sp³-hybridized carbons (Fsp3) is 0.233. The molecule has 8 heteroatoms. The van der Waals surface area contributed by atoms with Gasteiger partial charge in [0.2, 0.25) is 0 Å². The molecule has 0 saturated heterocycles. The number of nitrogens with zero attached hydrogens (tertiary/aromatic N) is 1. The average molecular weight is 574 g/mol. The van der Waals surface area contributed by atoms with E-state index in [1.54, 1.807) is 19.4 Å². The van der Waals surface area contributed by atoms with E-state index in [0.29, 0.717) is 47.2 Å². The van der Waals surface area contributed by atoms with E-state index >= 15 is 0 Å². The summed E-state index contributed by atoms with van der Waals surface area (Å²) in [6.45, 7) is 2.26. The topological polar surface area (TPSA) is 89.5 Å². The van der Waals surface area contributed by atoms with Crippen LogP contribution in [0.1, 0.15) is 43.2 Å². The number of hydrogen-bond acceptors (Lipinski definition) is 6. The van der Waals surface area contributed by atoms with Crippen molar-refractivity contribution in [1.82, 2.24) is 10.3 Å². The number of carbonyl (C=O) groups is 2. The molecule has 1 aliphatic carbocycles. The van der Waals surface area contributed by atoms with Gasteiger partial charge < -0.3 is 20.1 Å². The van der Waals surface area contributed by atoms with Crippen molar-refractivity contribution < 1.29 is 19.1 Å². The number of benzene rings is 2. The predicted octanol–water partition coefficient (Wildman–Crippen LogP) is 6.04. The molecule has 0 unspecified atom stereocenters. The number of dihydropyridines is 1. The van der Waals surface area contributed by atoms with Gasteiger partial charge >= 0.3 is 0 Å². The fourth-order valence-corrected chi connectivity index (χ4v) is 5.20. The number of Topliss-reactive ketones (excluding diaryl/α,β-unsaturated/α-hetero) is 1. The molecule has 5 rings (SSSR count). The van der Waals surface area contributed by atoms with E-state index in [2.05, 4.69) is 31.5 Å². The van der Waals surface area contributed by atoms with Crippen LogP contribution in [-0.4, -0.2) is 23.8 Å². The van der Waals surface area contributed by atoms with Crippen molar-refractivity contribution in [3.05, 3.63) is 105 Å². The summed E-state index contributed by atoms with van der Waals surface area (Å²) in [6, 6.07) is 19.0. The zero-order valence-electron chi connectivity index (χ0n) is 21.2. The SMILES string of the molecule is COc1cc([C@H]2C(C(=O)Nc3ccc(Br)cn3)=C(C)NC3=C2C(=O)CCC3)ccc1OCc1ccccc1. The first-order chi connectivity index (χ1) is 18.4. The van der Waals surface area contributed by atoms with E-state index in [9.17, 15) is 9.59 Å². The Morgan fingerprint density at radius 2 is 1.92 bits per heavy atom. The summed E-state index contributed by atoms with van der Waals surface area (Å²) in [5.74, 6) is 0.731. The van der Waals surface area contributed by atoms with Crippen molar-refractivity contribution in [2.24, 2.45) is 0 Å². The van der Waals surface area contributed by atoms with Gasteiger partial charge in [0.05, 0.1) is 7.11 Å². The molecule has 2 aromatic carbocycles. The van der Waals surface area contributed by atoms with Crippen LogP contribution in [0.25, 0.3) is 0 Å².